The second-order valence-corrected chi connectivity index (χ2v) is 6.52. The van der Waals surface area contributed by atoms with E-state index in [1.165, 1.54) is 77.2 Å². The van der Waals surface area contributed by atoms with E-state index in [0.29, 0.717) is 6.10 Å². The van der Waals surface area contributed by atoms with Crippen LogP contribution in [-0.2, 0) is 4.74 Å². The highest BCUT2D eigenvalue weighted by Crippen LogP contribution is 2.29. The first-order chi connectivity index (χ1) is 9.40. The van der Waals surface area contributed by atoms with Crippen LogP contribution in [0.25, 0.3) is 0 Å². The standard InChI is InChI=1S/C17H33NO/c1-2-13-18-17(15-8-4-3-5-9-15)12-11-16-10-6-7-14-19-16/h15-18H,2-14H2,1H3. The van der Waals surface area contributed by atoms with Crippen LogP contribution in [0.5, 0.6) is 0 Å². The average molecular weight is 267 g/mol. The minimum Gasteiger partial charge on any atom is -0.378 e. The molecule has 0 radical (unpaired) electrons. The molecule has 0 aromatic rings. The number of nitrogens with one attached hydrogen (secondary N) is 1. The van der Waals surface area contributed by atoms with E-state index in [1.807, 2.05) is 0 Å². The van der Waals surface area contributed by atoms with Crippen molar-refractivity contribution < 1.29 is 4.74 Å². The van der Waals surface area contributed by atoms with Crippen molar-refractivity contribution in [2.75, 3.05) is 13.2 Å². The van der Waals surface area contributed by atoms with Crippen LogP contribution in [0.2, 0.25) is 0 Å². The third-order valence-electron chi connectivity index (χ3n) is 4.95. The Bertz CT molecular complexity index is 219. The summed E-state index contributed by atoms with van der Waals surface area (Å²) in [7, 11) is 0. The van der Waals surface area contributed by atoms with E-state index >= 15 is 0 Å². The topological polar surface area (TPSA) is 21.3 Å². The average Bonchev–Trinajstić information content (AvgIpc) is 2.49. The summed E-state index contributed by atoms with van der Waals surface area (Å²) >= 11 is 0. The molecule has 2 rings (SSSR count). The van der Waals surface area contributed by atoms with E-state index in [9.17, 15) is 0 Å². The van der Waals surface area contributed by atoms with Gasteiger partial charge < -0.3 is 10.1 Å². The van der Waals surface area contributed by atoms with E-state index in [0.717, 1.165) is 18.6 Å². The Labute approximate surface area is 119 Å². The van der Waals surface area contributed by atoms with Crippen molar-refractivity contribution in [2.45, 2.75) is 89.7 Å². The zero-order chi connectivity index (χ0) is 13.3. The highest BCUT2D eigenvalue weighted by atomic mass is 16.5. The molecule has 2 heteroatoms. The molecule has 2 fully saturated rings. The highest BCUT2D eigenvalue weighted by molar-refractivity contribution is 4.80. The number of ether oxygens (including phenoxy) is 1. The molecule has 1 saturated heterocycles. The molecular formula is C17H33NO. The van der Waals surface area contributed by atoms with Crippen LogP contribution in [0.1, 0.15) is 77.6 Å². The lowest BCUT2D eigenvalue weighted by molar-refractivity contribution is 0.00704. The molecule has 1 aliphatic carbocycles. The lowest BCUT2D eigenvalue weighted by Gasteiger charge is -2.32. The molecule has 112 valence electrons. The fraction of sp³-hybridized carbons (Fsp3) is 1.00. The first-order valence-electron chi connectivity index (χ1n) is 8.75. The Kier molecular flexibility index (Phi) is 7.23. The maximum absolute atomic E-state index is 5.89. The van der Waals surface area contributed by atoms with Crippen LogP contribution in [0.15, 0.2) is 0 Å². The van der Waals surface area contributed by atoms with Gasteiger partial charge in [-0.25, -0.2) is 0 Å². The van der Waals surface area contributed by atoms with E-state index in [1.54, 1.807) is 0 Å². The van der Waals surface area contributed by atoms with E-state index in [-0.39, 0.29) is 0 Å². The van der Waals surface area contributed by atoms with Gasteiger partial charge in [-0.05, 0) is 63.8 Å². The van der Waals surface area contributed by atoms with Crippen molar-refractivity contribution in [1.29, 1.82) is 0 Å². The predicted molar refractivity (Wildman–Crippen MR) is 81.5 cm³/mol. The van der Waals surface area contributed by atoms with Crippen molar-refractivity contribution >= 4 is 0 Å². The summed E-state index contributed by atoms with van der Waals surface area (Å²) in [5.41, 5.74) is 0. The molecule has 2 atom stereocenters. The largest absolute Gasteiger partial charge is 0.378 e. The van der Waals surface area contributed by atoms with Crippen molar-refractivity contribution in [3.05, 3.63) is 0 Å². The van der Waals surface area contributed by atoms with Crippen LogP contribution in [-0.4, -0.2) is 25.3 Å². The SMILES string of the molecule is CCCNC(CCC1CCCCO1)C1CCCCC1. The lowest BCUT2D eigenvalue weighted by Crippen LogP contribution is -2.38. The number of hydrogen-bond donors (Lipinski definition) is 1. The fourth-order valence-electron chi connectivity index (χ4n) is 3.77. The predicted octanol–water partition coefficient (Wildman–Crippen LogP) is 4.28. The zero-order valence-corrected chi connectivity index (χ0v) is 12.8. The van der Waals surface area contributed by atoms with Gasteiger partial charge in [-0.15, -0.1) is 0 Å². The monoisotopic (exact) mass is 267 g/mol. The molecule has 0 spiro atoms. The Morgan fingerprint density at radius 2 is 1.84 bits per heavy atom. The molecule has 1 saturated carbocycles. The third kappa shape index (κ3) is 5.43. The molecular weight excluding hydrogens is 234 g/mol. The third-order valence-corrected chi connectivity index (χ3v) is 4.95. The zero-order valence-electron chi connectivity index (χ0n) is 12.8. The van der Waals surface area contributed by atoms with Gasteiger partial charge in [-0.2, -0.15) is 0 Å². The van der Waals surface area contributed by atoms with Crippen molar-refractivity contribution in [2.24, 2.45) is 5.92 Å². The van der Waals surface area contributed by atoms with Crippen LogP contribution >= 0.6 is 0 Å². The van der Waals surface area contributed by atoms with Crippen LogP contribution in [0, 0.1) is 5.92 Å². The van der Waals surface area contributed by atoms with Crippen LogP contribution in [0.3, 0.4) is 0 Å². The first kappa shape index (κ1) is 15.3. The van der Waals surface area contributed by atoms with Crippen molar-refractivity contribution in [1.82, 2.24) is 5.32 Å². The summed E-state index contributed by atoms with van der Waals surface area (Å²) in [4.78, 5) is 0. The van der Waals surface area contributed by atoms with Crippen LogP contribution < -0.4 is 5.32 Å². The van der Waals surface area contributed by atoms with Gasteiger partial charge in [0.1, 0.15) is 0 Å². The minimum absolute atomic E-state index is 0.559. The van der Waals surface area contributed by atoms with Crippen LogP contribution in [0.4, 0.5) is 0 Å². The van der Waals surface area contributed by atoms with Crippen molar-refractivity contribution in [3.63, 3.8) is 0 Å². The summed E-state index contributed by atoms with van der Waals surface area (Å²) in [6.07, 6.45) is 15.6. The molecule has 2 nitrogen and oxygen atoms in total. The van der Waals surface area contributed by atoms with E-state index < -0.39 is 0 Å². The van der Waals surface area contributed by atoms with E-state index in [2.05, 4.69) is 12.2 Å². The smallest absolute Gasteiger partial charge is 0.0575 e. The molecule has 0 aromatic heterocycles. The summed E-state index contributed by atoms with van der Waals surface area (Å²) in [6.45, 7) is 4.46. The van der Waals surface area contributed by atoms with Gasteiger partial charge in [0.15, 0.2) is 0 Å². The first-order valence-corrected chi connectivity index (χ1v) is 8.75. The molecule has 1 aliphatic heterocycles. The Balaban J connectivity index is 1.74. The Hall–Kier alpha value is -0.0800. The van der Waals surface area contributed by atoms with E-state index in [4.69, 9.17) is 4.74 Å². The Morgan fingerprint density at radius 3 is 2.53 bits per heavy atom. The van der Waals surface area contributed by atoms with Gasteiger partial charge in [0.2, 0.25) is 0 Å². The number of rotatable bonds is 7. The molecule has 1 N–H and O–H groups in total. The Morgan fingerprint density at radius 1 is 1.05 bits per heavy atom. The maximum atomic E-state index is 5.89. The lowest BCUT2D eigenvalue weighted by atomic mass is 9.81. The van der Waals surface area contributed by atoms with Gasteiger partial charge in [0.25, 0.3) is 0 Å². The maximum Gasteiger partial charge on any atom is 0.0575 e. The molecule has 19 heavy (non-hydrogen) atoms. The fourth-order valence-corrected chi connectivity index (χ4v) is 3.77. The molecule has 0 amide bonds. The van der Waals surface area contributed by atoms with Gasteiger partial charge in [0.05, 0.1) is 6.10 Å². The number of hydrogen-bond acceptors (Lipinski definition) is 2. The molecule has 0 aromatic carbocycles. The van der Waals surface area contributed by atoms with Gasteiger partial charge in [0, 0.05) is 12.6 Å². The van der Waals surface area contributed by atoms with Gasteiger partial charge in [-0.3, -0.25) is 0 Å². The van der Waals surface area contributed by atoms with Crippen molar-refractivity contribution in [3.8, 4) is 0 Å². The molecule has 2 unspecified atom stereocenters. The highest BCUT2D eigenvalue weighted by Gasteiger charge is 2.24. The second kappa shape index (κ2) is 8.97. The van der Waals surface area contributed by atoms with Gasteiger partial charge in [-0.1, -0.05) is 26.2 Å². The normalized spacial score (nSPS) is 27.3. The molecule has 0 bridgehead atoms. The second-order valence-electron chi connectivity index (χ2n) is 6.52. The molecule has 2 aliphatic rings. The summed E-state index contributed by atoms with van der Waals surface area (Å²) in [5, 5.41) is 3.82. The summed E-state index contributed by atoms with van der Waals surface area (Å²) in [6, 6.07) is 0.755. The minimum atomic E-state index is 0.559. The summed E-state index contributed by atoms with van der Waals surface area (Å²) < 4.78 is 5.89. The quantitative estimate of drug-likeness (QED) is 0.743. The molecule has 1 heterocycles. The summed E-state index contributed by atoms with van der Waals surface area (Å²) in [5.74, 6) is 0.934. The van der Waals surface area contributed by atoms with Gasteiger partial charge >= 0.3 is 0 Å².